The molecule has 2 heterocycles. The average Bonchev–Trinajstić information content (AvgIpc) is 2.49. The summed E-state index contributed by atoms with van der Waals surface area (Å²) in [6, 6.07) is 6.10. The Morgan fingerprint density at radius 3 is 2.90 bits per heavy atom. The van der Waals surface area contributed by atoms with E-state index in [0.717, 1.165) is 43.1 Å². The Bertz CT molecular complexity index is 503. The summed E-state index contributed by atoms with van der Waals surface area (Å²) in [7, 11) is 0. The van der Waals surface area contributed by atoms with Crippen LogP contribution in [0.4, 0.5) is 0 Å². The van der Waals surface area contributed by atoms with Gasteiger partial charge in [-0.3, -0.25) is 4.79 Å². The van der Waals surface area contributed by atoms with Crippen LogP contribution in [0.3, 0.4) is 0 Å². The maximum absolute atomic E-state index is 12.4. The van der Waals surface area contributed by atoms with E-state index in [2.05, 4.69) is 16.7 Å². The van der Waals surface area contributed by atoms with E-state index < -0.39 is 0 Å². The summed E-state index contributed by atoms with van der Waals surface area (Å²) >= 11 is 7.94. The zero-order valence-corrected chi connectivity index (χ0v) is 12.9. The van der Waals surface area contributed by atoms with Crippen LogP contribution in [0, 0.1) is 5.92 Å². The van der Waals surface area contributed by atoms with Crippen molar-refractivity contribution in [3.63, 3.8) is 0 Å². The highest BCUT2D eigenvalue weighted by atomic mass is 35.5. The second-order valence-electron chi connectivity index (χ2n) is 5.40. The Balaban J connectivity index is 1.72. The second-order valence-corrected chi connectivity index (χ2v) is 6.98. The molecule has 2 N–H and O–H groups in total. The molecule has 108 valence electrons. The van der Waals surface area contributed by atoms with Crippen molar-refractivity contribution >= 4 is 29.3 Å². The van der Waals surface area contributed by atoms with E-state index >= 15 is 0 Å². The van der Waals surface area contributed by atoms with Gasteiger partial charge in [-0.05, 0) is 56.1 Å². The highest BCUT2D eigenvalue weighted by Crippen LogP contribution is 2.37. The van der Waals surface area contributed by atoms with Crippen LogP contribution in [0.5, 0.6) is 0 Å². The van der Waals surface area contributed by atoms with Gasteiger partial charge in [0.25, 0.3) is 0 Å². The molecule has 2 aliphatic rings. The van der Waals surface area contributed by atoms with E-state index in [9.17, 15) is 4.79 Å². The van der Waals surface area contributed by atoms with Crippen LogP contribution in [-0.4, -0.2) is 24.7 Å². The van der Waals surface area contributed by atoms with Gasteiger partial charge in [-0.1, -0.05) is 11.6 Å². The van der Waals surface area contributed by atoms with E-state index in [0.29, 0.717) is 0 Å². The first-order chi connectivity index (χ1) is 9.74. The Hall–Kier alpha value is -0.710. The van der Waals surface area contributed by atoms with Crippen molar-refractivity contribution in [1.29, 1.82) is 0 Å². The number of carbonyl (C=O) groups is 1. The third kappa shape index (κ3) is 3.13. The van der Waals surface area contributed by atoms with E-state index in [1.807, 2.05) is 23.9 Å². The molecule has 20 heavy (non-hydrogen) atoms. The first-order valence-electron chi connectivity index (χ1n) is 7.17. The highest BCUT2D eigenvalue weighted by molar-refractivity contribution is 7.99. The minimum Gasteiger partial charge on any atom is -0.349 e. The Morgan fingerprint density at radius 2 is 2.10 bits per heavy atom. The molecule has 3 rings (SSSR count). The second kappa shape index (κ2) is 6.37. The fourth-order valence-corrected chi connectivity index (χ4v) is 4.18. The minimum atomic E-state index is 0.118. The summed E-state index contributed by atoms with van der Waals surface area (Å²) in [6.07, 6.45) is 2.86. The number of piperidine rings is 1. The number of rotatable bonds is 2. The maximum atomic E-state index is 12.4. The number of hydrogen-bond acceptors (Lipinski definition) is 3. The van der Waals surface area contributed by atoms with Crippen LogP contribution >= 0.6 is 23.4 Å². The van der Waals surface area contributed by atoms with Crippen LogP contribution in [0.2, 0.25) is 5.02 Å². The lowest BCUT2D eigenvalue weighted by atomic mass is 9.95. The molecule has 0 radical (unpaired) electrons. The van der Waals surface area contributed by atoms with Crippen molar-refractivity contribution in [2.75, 3.05) is 18.8 Å². The van der Waals surface area contributed by atoms with Crippen molar-refractivity contribution in [3.8, 4) is 0 Å². The zero-order chi connectivity index (χ0) is 13.9. The van der Waals surface area contributed by atoms with Gasteiger partial charge in [0, 0.05) is 21.6 Å². The van der Waals surface area contributed by atoms with Crippen molar-refractivity contribution in [2.24, 2.45) is 5.92 Å². The number of thioether (sulfide) groups is 1. The first-order valence-corrected chi connectivity index (χ1v) is 8.54. The predicted octanol–water partition coefficient (Wildman–Crippen LogP) is 2.99. The standard InChI is InChI=1S/C15H19ClN2OS/c16-11-1-2-14-12(9-11)13(5-8-20-14)18-15(19)10-3-6-17-7-4-10/h1-2,9-10,13,17H,3-8H2,(H,18,19). The van der Waals surface area contributed by atoms with Gasteiger partial charge in [-0.25, -0.2) is 0 Å². The third-order valence-corrected chi connectivity index (χ3v) is 5.40. The third-order valence-electron chi connectivity index (χ3n) is 4.04. The van der Waals surface area contributed by atoms with Crippen LogP contribution in [0.25, 0.3) is 0 Å². The number of nitrogens with one attached hydrogen (secondary N) is 2. The SMILES string of the molecule is O=C(NC1CCSc2ccc(Cl)cc21)C1CCNCC1. The molecule has 1 aromatic carbocycles. The van der Waals surface area contributed by atoms with Gasteiger partial charge >= 0.3 is 0 Å². The monoisotopic (exact) mass is 310 g/mol. The van der Waals surface area contributed by atoms with E-state index in [-0.39, 0.29) is 17.9 Å². The predicted molar refractivity (Wildman–Crippen MR) is 83.3 cm³/mol. The molecule has 1 saturated heterocycles. The molecule has 3 nitrogen and oxygen atoms in total. The summed E-state index contributed by atoms with van der Waals surface area (Å²) in [4.78, 5) is 13.6. The molecule has 1 amide bonds. The molecule has 0 spiro atoms. The maximum Gasteiger partial charge on any atom is 0.223 e. The van der Waals surface area contributed by atoms with Gasteiger partial charge < -0.3 is 10.6 Å². The van der Waals surface area contributed by atoms with E-state index in [4.69, 9.17) is 11.6 Å². The van der Waals surface area contributed by atoms with Gasteiger partial charge in [0.05, 0.1) is 6.04 Å². The molecule has 1 aromatic rings. The van der Waals surface area contributed by atoms with Crippen molar-refractivity contribution in [2.45, 2.75) is 30.2 Å². The lowest BCUT2D eigenvalue weighted by molar-refractivity contribution is -0.126. The van der Waals surface area contributed by atoms with Crippen LogP contribution < -0.4 is 10.6 Å². The summed E-state index contributed by atoms with van der Waals surface area (Å²) in [6.45, 7) is 1.89. The van der Waals surface area contributed by atoms with E-state index in [1.54, 1.807) is 0 Å². The first kappa shape index (κ1) is 14.2. The molecule has 0 saturated carbocycles. The van der Waals surface area contributed by atoms with Gasteiger partial charge in [0.15, 0.2) is 0 Å². The Labute approximate surface area is 128 Å². The Kier molecular flexibility index (Phi) is 4.54. The molecule has 1 atom stereocenters. The van der Waals surface area contributed by atoms with Gasteiger partial charge in [0.2, 0.25) is 5.91 Å². The number of fused-ring (bicyclic) bond motifs is 1. The molecule has 2 aliphatic heterocycles. The average molecular weight is 311 g/mol. The normalized spacial score (nSPS) is 23.1. The number of amides is 1. The molecular weight excluding hydrogens is 292 g/mol. The molecule has 0 aromatic heterocycles. The molecule has 5 heteroatoms. The van der Waals surface area contributed by atoms with Crippen molar-refractivity contribution in [1.82, 2.24) is 10.6 Å². The number of halogens is 1. The molecule has 0 aliphatic carbocycles. The van der Waals surface area contributed by atoms with Crippen LogP contribution in [-0.2, 0) is 4.79 Å². The lowest BCUT2D eigenvalue weighted by Crippen LogP contribution is -2.40. The lowest BCUT2D eigenvalue weighted by Gasteiger charge is -2.29. The number of benzene rings is 1. The van der Waals surface area contributed by atoms with Crippen molar-refractivity contribution in [3.05, 3.63) is 28.8 Å². The minimum absolute atomic E-state index is 0.118. The number of carbonyl (C=O) groups excluding carboxylic acids is 1. The topological polar surface area (TPSA) is 41.1 Å². The fraction of sp³-hybridized carbons (Fsp3) is 0.533. The van der Waals surface area contributed by atoms with E-state index in [1.165, 1.54) is 10.5 Å². The van der Waals surface area contributed by atoms with Crippen LogP contribution in [0.1, 0.15) is 30.9 Å². The zero-order valence-electron chi connectivity index (χ0n) is 11.3. The van der Waals surface area contributed by atoms with Gasteiger partial charge in [-0.15, -0.1) is 11.8 Å². The molecular formula is C15H19ClN2OS. The summed E-state index contributed by atoms with van der Waals surface area (Å²) in [5.41, 5.74) is 1.18. The fourth-order valence-electron chi connectivity index (χ4n) is 2.89. The summed E-state index contributed by atoms with van der Waals surface area (Å²) in [5.74, 6) is 1.41. The molecule has 1 unspecified atom stereocenters. The van der Waals surface area contributed by atoms with Crippen molar-refractivity contribution < 1.29 is 4.79 Å². The van der Waals surface area contributed by atoms with Gasteiger partial charge in [-0.2, -0.15) is 0 Å². The Morgan fingerprint density at radius 1 is 1.30 bits per heavy atom. The quantitative estimate of drug-likeness (QED) is 0.882. The molecule has 1 fully saturated rings. The summed E-state index contributed by atoms with van der Waals surface area (Å²) < 4.78 is 0. The largest absolute Gasteiger partial charge is 0.349 e. The number of hydrogen-bond donors (Lipinski definition) is 2. The van der Waals surface area contributed by atoms with Crippen LogP contribution in [0.15, 0.2) is 23.1 Å². The smallest absolute Gasteiger partial charge is 0.223 e. The summed E-state index contributed by atoms with van der Waals surface area (Å²) in [5, 5.41) is 7.27. The highest BCUT2D eigenvalue weighted by Gasteiger charge is 2.26. The van der Waals surface area contributed by atoms with Gasteiger partial charge in [0.1, 0.15) is 0 Å². The molecule has 0 bridgehead atoms.